The molecule has 0 saturated carbocycles. The second kappa shape index (κ2) is 5.42. The number of nitrogens with two attached hydrogens (primary N) is 1. The van der Waals surface area contributed by atoms with Gasteiger partial charge in [0.05, 0.1) is 10.2 Å². The lowest BCUT2D eigenvalue weighted by Crippen LogP contribution is -2.18. The average Bonchev–Trinajstić information content (AvgIpc) is 2.66. The molecule has 2 aromatic rings. The SMILES string of the molecule is CCCCc1ccc2nc(NC(N)=S)sc2c1. The number of unbranched alkanes of at least 4 members (excludes halogenated alkanes) is 1. The van der Waals surface area contributed by atoms with Crippen molar-refractivity contribution in [3.8, 4) is 0 Å². The van der Waals surface area contributed by atoms with Gasteiger partial charge < -0.3 is 11.1 Å². The lowest BCUT2D eigenvalue weighted by Gasteiger charge is -1.98. The van der Waals surface area contributed by atoms with Gasteiger partial charge >= 0.3 is 0 Å². The molecular formula is C12H15N3S2. The number of nitrogens with zero attached hydrogens (tertiary/aromatic N) is 1. The maximum atomic E-state index is 5.43. The predicted molar refractivity (Wildman–Crippen MR) is 78.6 cm³/mol. The first kappa shape index (κ1) is 12.3. The molecule has 0 unspecified atom stereocenters. The van der Waals surface area contributed by atoms with Crippen molar-refractivity contribution in [1.29, 1.82) is 0 Å². The number of aromatic nitrogens is 1. The molecule has 0 amide bonds. The topological polar surface area (TPSA) is 50.9 Å². The maximum Gasteiger partial charge on any atom is 0.190 e. The van der Waals surface area contributed by atoms with Crippen LogP contribution in [0.5, 0.6) is 0 Å². The Labute approximate surface area is 110 Å². The van der Waals surface area contributed by atoms with Crippen LogP contribution in [-0.2, 0) is 6.42 Å². The average molecular weight is 265 g/mol. The molecule has 3 N–H and O–H groups in total. The van der Waals surface area contributed by atoms with Crippen molar-refractivity contribution in [2.45, 2.75) is 26.2 Å². The second-order valence-corrected chi connectivity index (χ2v) is 5.38. The summed E-state index contributed by atoms with van der Waals surface area (Å²) in [5, 5.41) is 3.90. The number of thiocarbonyl (C=S) groups is 1. The molecule has 90 valence electrons. The van der Waals surface area contributed by atoms with Gasteiger partial charge in [-0.05, 0) is 42.8 Å². The quantitative estimate of drug-likeness (QED) is 0.833. The molecule has 0 bridgehead atoms. The van der Waals surface area contributed by atoms with Crippen molar-refractivity contribution >= 4 is 44.0 Å². The third-order valence-electron chi connectivity index (χ3n) is 2.50. The van der Waals surface area contributed by atoms with Crippen molar-refractivity contribution in [2.24, 2.45) is 5.73 Å². The third kappa shape index (κ3) is 3.14. The van der Waals surface area contributed by atoms with Gasteiger partial charge in [0.25, 0.3) is 0 Å². The first-order valence-electron chi connectivity index (χ1n) is 5.65. The van der Waals surface area contributed by atoms with E-state index in [0.29, 0.717) is 0 Å². The number of fused-ring (bicyclic) bond motifs is 1. The lowest BCUT2D eigenvalue weighted by molar-refractivity contribution is 0.796. The minimum Gasteiger partial charge on any atom is -0.376 e. The Morgan fingerprint density at radius 1 is 1.53 bits per heavy atom. The highest BCUT2D eigenvalue weighted by molar-refractivity contribution is 7.80. The molecule has 0 fully saturated rings. The van der Waals surface area contributed by atoms with Crippen LogP contribution < -0.4 is 11.1 Å². The Morgan fingerprint density at radius 2 is 2.35 bits per heavy atom. The van der Waals surface area contributed by atoms with Crippen LogP contribution >= 0.6 is 23.6 Å². The van der Waals surface area contributed by atoms with Gasteiger partial charge in [-0.3, -0.25) is 0 Å². The number of nitrogens with one attached hydrogen (secondary N) is 1. The standard InChI is InChI=1S/C12H15N3S2/c1-2-3-4-8-5-6-9-10(7-8)17-12(14-9)15-11(13)16/h5-7H,2-4H2,1H3,(H3,13,14,15,16). The molecule has 0 aliphatic rings. The summed E-state index contributed by atoms with van der Waals surface area (Å²) in [7, 11) is 0. The lowest BCUT2D eigenvalue weighted by atomic mass is 10.1. The van der Waals surface area contributed by atoms with Gasteiger partial charge in [-0.1, -0.05) is 30.7 Å². The van der Waals surface area contributed by atoms with Crippen molar-refractivity contribution in [2.75, 3.05) is 5.32 Å². The Balaban J connectivity index is 2.24. The fourth-order valence-electron chi connectivity index (χ4n) is 1.66. The van der Waals surface area contributed by atoms with Gasteiger partial charge in [0.15, 0.2) is 10.2 Å². The zero-order chi connectivity index (χ0) is 12.3. The van der Waals surface area contributed by atoms with Crippen LogP contribution in [0.3, 0.4) is 0 Å². The van der Waals surface area contributed by atoms with Crippen LogP contribution in [0.2, 0.25) is 0 Å². The van der Waals surface area contributed by atoms with Crippen LogP contribution in [0.1, 0.15) is 25.3 Å². The van der Waals surface area contributed by atoms with E-state index in [1.54, 1.807) is 11.3 Å². The van der Waals surface area contributed by atoms with E-state index in [1.807, 2.05) is 0 Å². The van der Waals surface area contributed by atoms with Gasteiger partial charge in [-0.25, -0.2) is 4.98 Å². The number of thiazole rings is 1. The molecular weight excluding hydrogens is 250 g/mol. The molecule has 1 aromatic carbocycles. The summed E-state index contributed by atoms with van der Waals surface area (Å²) >= 11 is 6.38. The Bertz CT molecular complexity index is 534. The summed E-state index contributed by atoms with van der Waals surface area (Å²) in [6.45, 7) is 2.20. The Morgan fingerprint density at radius 3 is 3.06 bits per heavy atom. The number of rotatable bonds is 4. The van der Waals surface area contributed by atoms with Gasteiger partial charge in [-0.15, -0.1) is 0 Å². The number of aryl methyl sites for hydroxylation is 1. The molecule has 0 aliphatic heterocycles. The molecule has 0 atom stereocenters. The molecule has 3 nitrogen and oxygen atoms in total. The summed E-state index contributed by atoms with van der Waals surface area (Å²) in [6, 6.07) is 6.40. The molecule has 0 aliphatic carbocycles. The molecule has 1 heterocycles. The van der Waals surface area contributed by atoms with E-state index in [4.69, 9.17) is 18.0 Å². The first-order chi connectivity index (χ1) is 8.19. The molecule has 1 aromatic heterocycles. The van der Waals surface area contributed by atoms with Crippen molar-refractivity contribution < 1.29 is 0 Å². The van der Waals surface area contributed by atoms with Crippen LogP contribution in [0.25, 0.3) is 10.2 Å². The highest BCUT2D eigenvalue weighted by Gasteiger charge is 2.04. The van der Waals surface area contributed by atoms with Crippen LogP contribution in [0, 0.1) is 0 Å². The predicted octanol–water partition coefficient (Wildman–Crippen LogP) is 3.29. The smallest absolute Gasteiger partial charge is 0.190 e. The van der Waals surface area contributed by atoms with E-state index in [9.17, 15) is 0 Å². The maximum absolute atomic E-state index is 5.43. The van der Waals surface area contributed by atoms with Gasteiger partial charge in [0.2, 0.25) is 0 Å². The minimum absolute atomic E-state index is 0.260. The molecule has 0 saturated heterocycles. The van der Waals surface area contributed by atoms with E-state index >= 15 is 0 Å². The zero-order valence-corrected chi connectivity index (χ0v) is 11.3. The highest BCUT2D eigenvalue weighted by atomic mass is 32.1. The van der Waals surface area contributed by atoms with E-state index in [1.165, 1.54) is 23.1 Å². The largest absolute Gasteiger partial charge is 0.376 e. The Hall–Kier alpha value is -1.20. The normalized spacial score (nSPS) is 10.6. The summed E-state index contributed by atoms with van der Waals surface area (Å²) in [5.41, 5.74) is 7.79. The van der Waals surface area contributed by atoms with Crippen molar-refractivity contribution in [3.63, 3.8) is 0 Å². The van der Waals surface area contributed by atoms with Gasteiger partial charge in [-0.2, -0.15) is 0 Å². The minimum atomic E-state index is 0.260. The molecule has 0 spiro atoms. The van der Waals surface area contributed by atoms with Gasteiger partial charge in [0.1, 0.15) is 0 Å². The summed E-state index contributed by atoms with van der Waals surface area (Å²) in [4.78, 5) is 4.41. The highest BCUT2D eigenvalue weighted by Crippen LogP contribution is 2.27. The Kier molecular flexibility index (Phi) is 3.91. The molecule has 0 radical (unpaired) electrons. The van der Waals surface area contributed by atoms with Crippen molar-refractivity contribution in [3.05, 3.63) is 23.8 Å². The third-order valence-corrected chi connectivity index (χ3v) is 3.54. The summed E-state index contributed by atoms with van der Waals surface area (Å²) < 4.78 is 1.18. The fraction of sp³-hybridized carbons (Fsp3) is 0.333. The van der Waals surface area contributed by atoms with E-state index in [-0.39, 0.29) is 5.11 Å². The monoisotopic (exact) mass is 265 g/mol. The molecule has 17 heavy (non-hydrogen) atoms. The summed E-state index contributed by atoms with van der Waals surface area (Å²) in [5.74, 6) is 0. The van der Waals surface area contributed by atoms with E-state index in [0.717, 1.165) is 17.1 Å². The molecule has 2 rings (SSSR count). The van der Waals surface area contributed by atoms with E-state index < -0.39 is 0 Å². The van der Waals surface area contributed by atoms with Gasteiger partial charge in [0, 0.05) is 0 Å². The number of benzene rings is 1. The zero-order valence-electron chi connectivity index (χ0n) is 9.69. The fourth-order valence-corrected chi connectivity index (χ4v) is 2.77. The number of hydrogen-bond acceptors (Lipinski definition) is 3. The number of anilines is 1. The van der Waals surface area contributed by atoms with Crippen LogP contribution in [-0.4, -0.2) is 10.1 Å². The first-order valence-corrected chi connectivity index (χ1v) is 6.87. The molecule has 5 heteroatoms. The summed E-state index contributed by atoms with van der Waals surface area (Å²) in [6.07, 6.45) is 3.57. The van der Waals surface area contributed by atoms with Crippen LogP contribution in [0.15, 0.2) is 18.2 Å². The van der Waals surface area contributed by atoms with Crippen LogP contribution in [0.4, 0.5) is 5.13 Å². The van der Waals surface area contributed by atoms with E-state index in [2.05, 4.69) is 35.4 Å². The second-order valence-electron chi connectivity index (χ2n) is 3.91. The van der Waals surface area contributed by atoms with Crippen molar-refractivity contribution in [1.82, 2.24) is 4.98 Å². The number of hydrogen-bond donors (Lipinski definition) is 2.